The van der Waals surface area contributed by atoms with E-state index < -0.39 is 0 Å². The molecule has 1 heteroatoms. The van der Waals surface area contributed by atoms with Crippen LogP contribution in [0.15, 0.2) is 48.5 Å². The van der Waals surface area contributed by atoms with Crippen LogP contribution < -0.4 is 4.90 Å². The molecule has 0 N–H and O–H groups in total. The van der Waals surface area contributed by atoms with Gasteiger partial charge in [-0.25, -0.2) is 0 Å². The number of nitrogens with zero attached hydrogens (tertiary/aromatic N) is 1. The van der Waals surface area contributed by atoms with Crippen LogP contribution >= 0.6 is 0 Å². The summed E-state index contributed by atoms with van der Waals surface area (Å²) in [6.07, 6.45) is 0.994. The predicted octanol–water partition coefficient (Wildman–Crippen LogP) is 7.23. The van der Waals surface area contributed by atoms with Gasteiger partial charge in [-0.1, -0.05) is 84.0 Å². The fourth-order valence-electron chi connectivity index (χ4n) is 5.52. The fourth-order valence-corrected chi connectivity index (χ4v) is 5.52. The highest BCUT2D eigenvalue weighted by atomic mass is 15.2. The van der Waals surface area contributed by atoms with Crippen LogP contribution in [-0.2, 0) is 11.8 Å². The monoisotopic (exact) mass is 377 g/mol. The lowest BCUT2D eigenvalue weighted by molar-refractivity contribution is 0.0635. The van der Waals surface area contributed by atoms with Gasteiger partial charge in [0, 0.05) is 23.2 Å². The lowest BCUT2D eigenvalue weighted by Gasteiger charge is -2.53. The smallest absolute Gasteiger partial charge is 0.0410 e. The lowest BCUT2D eigenvalue weighted by Crippen LogP contribution is -2.55. The molecule has 152 valence electrons. The fraction of sp³-hybridized carbons (Fsp3) is 0.556. The van der Waals surface area contributed by atoms with Crippen molar-refractivity contribution in [3.63, 3.8) is 0 Å². The summed E-state index contributed by atoms with van der Waals surface area (Å²) in [5.41, 5.74) is 6.27. The van der Waals surface area contributed by atoms with E-state index in [-0.39, 0.29) is 21.8 Å². The van der Waals surface area contributed by atoms with Crippen molar-refractivity contribution in [2.45, 2.75) is 79.7 Å². The maximum absolute atomic E-state index is 2.64. The number of hydrogen-bond acceptors (Lipinski definition) is 1. The summed E-state index contributed by atoms with van der Waals surface area (Å²) in [5.74, 6) is 0. The summed E-state index contributed by atoms with van der Waals surface area (Å²) in [4.78, 5) is 2.64. The first kappa shape index (κ1) is 21.0. The zero-order valence-electron chi connectivity index (χ0n) is 19.5. The van der Waals surface area contributed by atoms with Crippen molar-refractivity contribution in [3.05, 3.63) is 65.2 Å². The molecular weight excluding hydrogens is 338 g/mol. The Balaban J connectivity index is 2.20. The zero-order valence-corrected chi connectivity index (χ0v) is 19.5. The number of benzene rings is 2. The molecule has 0 atom stereocenters. The minimum Gasteiger partial charge on any atom is -0.366 e. The number of anilines is 1. The van der Waals surface area contributed by atoms with Gasteiger partial charge in [0.05, 0.1) is 0 Å². The minimum absolute atomic E-state index is 0.0926. The van der Waals surface area contributed by atoms with Crippen LogP contribution in [0.1, 0.15) is 79.0 Å². The first-order valence-electron chi connectivity index (χ1n) is 10.7. The van der Waals surface area contributed by atoms with Crippen LogP contribution in [0.5, 0.6) is 0 Å². The van der Waals surface area contributed by atoms with Crippen molar-refractivity contribution in [1.29, 1.82) is 0 Å². The van der Waals surface area contributed by atoms with E-state index in [0.717, 1.165) is 13.0 Å². The second kappa shape index (κ2) is 6.65. The first-order valence-corrected chi connectivity index (χ1v) is 10.7. The lowest BCUT2D eigenvalue weighted by atomic mass is 9.52. The van der Waals surface area contributed by atoms with Crippen LogP contribution in [0.4, 0.5) is 5.69 Å². The van der Waals surface area contributed by atoms with E-state index in [2.05, 4.69) is 116 Å². The molecule has 3 rings (SSSR count). The average molecular weight is 378 g/mol. The van der Waals surface area contributed by atoms with E-state index in [1.165, 1.54) is 22.4 Å². The third-order valence-electron chi connectivity index (χ3n) is 6.83. The second-order valence-electron chi connectivity index (χ2n) is 11.7. The molecule has 0 saturated carbocycles. The summed E-state index contributed by atoms with van der Waals surface area (Å²) in [7, 11) is 0. The molecule has 0 unspecified atom stereocenters. The van der Waals surface area contributed by atoms with Crippen LogP contribution in [0.25, 0.3) is 0 Å². The summed E-state index contributed by atoms with van der Waals surface area (Å²) < 4.78 is 0. The Bertz CT molecular complexity index is 811. The Morgan fingerprint density at radius 3 is 1.82 bits per heavy atom. The molecule has 1 aliphatic heterocycles. The Morgan fingerprint density at radius 1 is 0.750 bits per heavy atom. The number of fused-ring (bicyclic) bond motifs is 1. The van der Waals surface area contributed by atoms with Crippen LogP contribution in [0.2, 0.25) is 0 Å². The third-order valence-corrected chi connectivity index (χ3v) is 6.83. The van der Waals surface area contributed by atoms with Gasteiger partial charge in [0.1, 0.15) is 0 Å². The Kier molecular flexibility index (Phi) is 4.97. The number of hydrogen-bond donors (Lipinski definition) is 0. The summed E-state index contributed by atoms with van der Waals surface area (Å²) in [6, 6.07) is 18.1. The van der Waals surface area contributed by atoms with Gasteiger partial charge in [0.25, 0.3) is 0 Å². The van der Waals surface area contributed by atoms with E-state index in [0.29, 0.717) is 0 Å². The van der Waals surface area contributed by atoms with Crippen molar-refractivity contribution in [2.24, 2.45) is 10.8 Å². The summed E-state index contributed by atoms with van der Waals surface area (Å²) >= 11 is 0. The van der Waals surface area contributed by atoms with E-state index in [9.17, 15) is 0 Å². The van der Waals surface area contributed by atoms with Gasteiger partial charge in [0.15, 0.2) is 0 Å². The molecule has 0 spiro atoms. The SMILES string of the molecule is CC(C)(C)N1CC(C(C)(C)C)(C(C)(C)C)c2cc(Cc3ccccc3)ccc21. The Hall–Kier alpha value is -1.76. The van der Waals surface area contributed by atoms with E-state index in [4.69, 9.17) is 0 Å². The van der Waals surface area contributed by atoms with Gasteiger partial charge in [-0.15, -0.1) is 0 Å². The van der Waals surface area contributed by atoms with Crippen LogP contribution in [0, 0.1) is 10.8 Å². The molecule has 2 aromatic rings. The summed E-state index contributed by atoms with van der Waals surface area (Å²) in [6.45, 7) is 22.7. The highest BCUT2D eigenvalue weighted by Crippen LogP contribution is 2.60. The molecular formula is C27H39N. The van der Waals surface area contributed by atoms with Crippen LogP contribution in [-0.4, -0.2) is 12.1 Å². The first-order chi connectivity index (χ1) is 12.8. The molecule has 0 saturated heterocycles. The molecule has 0 amide bonds. The molecule has 28 heavy (non-hydrogen) atoms. The molecule has 2 aromatic carbocycles. The van der Waals surface area contributed by atoms with Crippen molar-refractivity contribution >= 4 is 5.69 Å². The highest BCUT2D eigenvalue weighted by Gasteiger charge is 2.58. The summed E-state index contributed by atoms with van der Waals surface area (Å²) in [5, 5.41) is 0. The van der Waals surface area contributed by atoms with Crippen molar-refractivity contribution in [1.82, 2.24) is 0 Å². The second-order valence-corrected chi connectivity index (χ2v) is 11.7. The van der Waals surface area contributed by atoms with Crippen molar-refractivity contribution in [3.8, 4) is 0 Å². The molecule has 1 heterocycles. The standard InChI is InChI=1S/C27H39N/c1-24(2,3)27(25(4,5)6)19-28(26(7,8)9)23-16-15-21(18-22(23)27)17-20-13-11-10-12-14-20/h10-16,18H,17,19H2,1-9H3. The van der Waals surface area contributed by atoms with E-state index in [1.54, 1.807) is 0 Å². The van der Waals surface area contributed by atoms with Gasteiger partial charge < -0.3 is 4.90 Å². The zero-order chi connectivity index (χ0) is 21.0. The molecule has 0 fully saturated rings. The van der Waals surface area contributed by atoms with E-state index >= 15 is 0 Å². The van der Waals surface area contributed by atoms with Crippen LogP contribution in [0.3, 0.4) is 0 Å². The van der Waals surface area contributed by atoms with Gasteiger partial charge >= 0.3 is 0 Å². The topological polar surface area (TPSA) is 3.24 Å². The largest absolute Gasteiger partial charge is 0.366 e. The maximum Gasteiger partial charge on any atom is 0.0410 e. The average Bonchev–Trinajstić information content (AvgIpc) is 2.91. The molecule has 1 nitrogen and oxygen atoms in total. The molecule has 0 bridgehead atoms. The maximum atomic E-state index is 2.64. The quantitative estimate of drug-likeness (QED) is 0.534. The molecule has 0 aromatic heterocycles. The Morgan fingerprint density at radius 2 is 1.32 bits per heavy atom. The molecule has 1 aliphatic rings. The molecule has 0 radical (unpaired) electrons. The van der Waals surface area contributed by atoms with E-state index in [1.807, 2.05) is 0 Å². The van der Waals surface area contributed by atoms with Crippen molar-refractivity contribution in [2.75, 3.05) is 11.4 Å². The molecule has 0 aliphatic carbocycles. The van der Waals surface area contributed by atoms with Gasteiger partial charge in [-0.05, 0) is 60.8 Å². The Labute approximate surface area is 173 Å². The van der Waals surface area contributed by atoms with Gasteiger partial charge in [-0.3, -0.25) is 0 Å². The van der Waals surface area contributed by atoms with Gasteiger partial charge in [-0.2, -0.15) is 0 Å². The third kappa shape index (κ3) is 3.38. The van der Waals surface area contributed by atoms with Gasteiger partial charge in [0.2, 0.25) is 0 Å². The minimum atomic E-state index is 0.0926. The number of rotatable bonds is 2. The van der Waals surface area contributed by atoms with Crippen molar-refractivity contribution < 1.29 is 0 Å². The highest BCUT2D eigenvalue weighted by molar-refractivity contribution is 5.67. The predicted molar refractivity (Wildman–Crippen MR) is 123 cm³/mol. The normalized spacial score (nSPS) is 17.0.